The summed E-state index contributed by atoms with van der Waals surface area (Å²) >= 11 is 7.83. The summed E-state index contributed by atoms with van der Waals surface area (Å²) in [6.45, 7) is 0. The molecule has 0 aromatic carbocycles. The number of rotatable bonds is 0. The molecule has 0 bridgehead atoms. The molecule has 0 aromatic rings. The summed E-state index contributed by atoms with van der Waals surface area (Å²) in [7, 11) is 0. The Labute approximate surface area is 94.8 Å². The summed E-state index contributed by atoms with van der Waals surface area (Å²) in [6.07, 6.45) is 8.05. The maximum atomic E-state index is 5.66. The molecule has 1 aliphatic heterocycles. The molecule has 1 saturated heterocycles. The van der Waals surface area contributed by atoms with Gasteiger partial charge in [0.2, 0.25) is 0 Å². The highest BCUT2D eigenvalue weighted by atomic mass is 79.9. The van der Waals surface area contributed by atoms with Gasteiger partial charge in [-0.2, -0.15) is 0 Å². The first-order valence-corrected chi connectivity index (χ1v) is 6.75. The number of alkyl halides is 2. The highest BCUT2D eigenvalue weighted by molar-refractivity contribution is 9.25. The molecule has 4 rings (SSSR count). The fourth-order valence-corrected chi connectivity index (χ4v) is 7.06. The molecule has 3 heteroatoms. The molecule has 13 heavy (non-hydrogen) atoms. The van der Waals surface area contributed by atoms with Crippen LogP contribution >= 0.6 is 31.9 Å². The molecule has 4 fully saturated rings. The van der Waals surface area contributed by atoms with E-state index in [1.165, 1.54) is 32.1 Å². The Hall–Kier alpha value is 0.920. The predicted octanol–water partition coefficient (Wildman–Crippen LogP) is 3.20. The lowest BCUT2D eigenvalue weighted by atomic mass is 9.82. The van der Waals surface area contributed by atoms with Crippen LogP contribution in [0.1, 0.15) is 32.1 Å². The zero-order chi connectivity index (χ0) is 8.90. The van der Waals surface area contributed by atoms with Crippen LogP contribution in [0.2, 0.25) is 0 Å². The first kappa shape index (κ1) is 8.12. The van der Waals surface area contributed by atoms with Gasteiger partial charge in [-0.25, -0.2) is 0 Å². The second-order valence-electron chi connectivity index (χ2n) is 5.21. The highest BCUT2D eigenvalue weighted by Crippen LogP contribution is 2.91. The Morgan fingerprint density at radius 3 is 2.08 bits per heavy atom. The van der Waals surface area contributed by atoms with E-state index in [0.717, 1.165) is 0 Å². The molecule has 0 N–H and O–H groups in total. The number of hydrogen-bond acceptors (Lipinski definition) is 1. The Balaban J connectivity index is 1.84. The van der Waals surface area contributed by atoms with Crippen molar-refractivity contribution in [2.75, 3.05) is 0 Å². The van der Waals surface area contributed by atoms with E-state index < -0.39 is 0 Å². The van der Waals surface area contributed by atoms with Crippen molar-refractivity contribution in [1.82, 2.24) is 0 Å². The zero-order valence-corrected chi connectivity index (χ0v) is 10.5. The maximum Gasteiger partial charge on any atom is 0.0931 e. The second-order valence-corrected chi connectivity index (χ2v) is 8.66. The van der Waals surface area contributed by atoms with Crippen molar-refractivity contribution in [2.24, 2.45) is 10.8 Å². The highest BCUT2D eigenvalue weighted by Gasteiger charge is 2.89. The van der Waals surface area contributed by atoms with E-state index in [1.54, 1.807) is 0 Å². The van der Waals surface area contributed by atoms with Crippen LogP contribution < -0.4 is 0 Å². The van der Waals surface area contributed by atoms with E-state index >= 15 is 0 Å². The summed E-state index contributed by atoms with van der Waals surface area (Å²) < 4.78 is 5.93. The fraction of sp³-hybridized carbons (Fsp3) is 1.00. The Morgan fingerprint density at radius 1 is 1.00 bits per heavy atom. The second kappa shape index (κ2) is 1.92. The van der Waals surface area contributed by atoms with Gasteiger partial charge in [-0.3, -0.25) is 0 Å². The van der Waals surface area contributed by atoms with Gasteiger partial charge in [0.15, 0.2) is 0 Å². The van der Waals surface area contributed by atoms with Crippen LogP contribution in [0.5, 0.6) is 0 Å². The fourth-order valence-electron chi connectivity index (χ4n) is 4.30. The van der Waals surface area contributed by atoms with Crippen molar-refractivity contribution in [1.29, 1.82) is 0 Å². The van der Waals surface area contributed by atoms with Crippen LogP contribution in [0, 0.1) is 10.8 Å². The van der Waals surface area contributed by atoms with Crippen LogP contribution in [-0.4, -0.2) is 15.4 Å². The lowest BCUT2D eigenvalue weighted by molar-refractivity contribution is 0.309. The van der Waals surface area contributed by atoms with Gasteiger partial charge in [0.05, 0.1) is 15.4 Å². The van der Waals surface area contributed by atoms with Crippen LogP contribution in [0.3, 0.4) is 0 Å². The van der Waals surface area contributed by atoms with Gasteiger partial charge in [0.1, 0.15) is 0 Å². The van der Waals surface area contributed by atoms with Crippen molar-refractivity contribution in [3.05, 3.63) is 0 Å². The van der Waals surface area contributed by atoms with Gasteiger partial charge in [-0.15, -0.1) is 0 Å². The third-order valence-electron chi connectivity index (χ3n) is 5.05. The van der Waals surface area contributed by atoms with Gasteiger partial charge in [0, 0.05) is 10.8 Å². The van der Waals surface area contributed by atoms with Crippen molar-refractivity contribution in [3.8, 4) is 0 Å². The average molecular weight is 308 g/mol. The summed E-state index contributed by atoms with van der Waals surface area (Å²) in [5, 5.41) is 0. The number of ether oxygens (including phenoxy) is 1. The zero-order valence-electron chi connectivity index (χ0n) is 7.35. The summed E-state index contributed by atoms with van der Waals surface area (Å²) in [5.74, 6) is 0. The van der Waals surface area contributed by atoms with Gasteiger partial charge in [-0.05, 0) is 25.7 Å². The molecule has 4 aliphatic rings. The minimum absolute atomic E-state index is 0.273. The molecule has 0 unspecified atom stereocenters. The first-order valence-electron chi connectivity index (χ1n) is 5.16. The summed E-state index contributed by atoms with van der Waals surface area (Å²) in [6, 6.07) is 0. The summed E-state index contributed by atoms with van der Waals surface area (Å²) in [5.41, 5.74) is 1.11. The third kappa shape index (κ3) is 0.618. The minimum Gasteiger partial charge on any atom is -0.370 e. The van der Waals surface area contributed by atoms with Gasteiger partial charge >= 0.3 is 0 Å². The maximum absolute atomic E-state index is 5.66. The topological polar surface area (TPSA) is 12.5 Å². The van der Waals surface area contributed by atoms with Crippen molar-refractivity contribution >= 4 is 31.9 Å². The normalized spacial score (nSPS) is 65.1. The molecule has 1 heterocycles. The SMILES string of the molecule is BrC1(Br)[C@@]23CCC[C@]12C[C@@H]1O[C@H]1C3. The van der Waals surface area contributed by atoms with E-state index in [9.17, 15) is 0 Å². The molecular formula is C10H12Br2O. The quantitative estimate of drug-likeness (QED) is 0.494. The van der Waals surface area contributed by atoms with Crippen LogP contribution in [0.4, 0.5) is 0 Å². The van der Waals surface area contributed by atoms with Gasteiger partial charge < -0.3 is 4.74 Å². The predicted molar refractivity (Wildman–Crippen MR) is 57.2 cm³/mol. The van der Waals surface area contributed by atoms with Crippen molar-refractivity contribution in [2.45, 2.75) is 47.5 Å². The molecule has 1 nitrogen and oxygen atoms in total. The minimum atomic E-state index is 0.273. The van der Waals surface area contributed by atoms with Gasteiger partial charge in [-0.1, -0.05) is 38.3 Å². The van der Waals surface area contributed by atoms with E-state index in [0.29, 0.717) is 23.0 Å². The molecule has 72 valence electrons. The molecule has 0 spiro atoms. The Morgan fingerprint density at radius 2 is 1.54 bits per heavy atom. The third-order valence-corrected chi connectivity index (χ3v) is 8.09. The lowest BCUT2D eigenvalue weighted by Gasteiger charge is -2.18. The van der Waals surface area contributed by atoms with Crippen molar-refractivity contribution < 1.29 is 4.74 Å². The number of fused-ring (bicyclic) bond motifs is 1. The number of hydrogen-bond donors (Lipinski definition) is 0. The number of halogens is 2. The largest absolute Gasteiger partial charge is 0.370 e. The smallest absolute Gasteiger partial charge is 0.0931 e. The molecular weight excluding hydrogens is 296 g/mol. The lowest BCUT2D eigenvalue weighted by Crippen LogP contribution is -2.19. The monoisotopic (exact) mass is 306 g/mol. The molecule has 0 amide bonds. The molecule has 4 atom stereocenters. The first-order chi connectivity index (χ1) is 6.13. The van der Waals surface area contributed by atoms with E-state index in [-0.39, 0.29) is 3.23 Å². The molecule has 0 radical (unpaired) electrons. The summed E-state index contributed by atoms with van der Waals surface area (Å²) in [4.78, 5) is 0. The number of epoxide rings is 1. The van der Waals surface area contributed by atoms with Crippen LogP contribution in [0.25, 0.3) is 0 Å². The Kier molecular flexibility index (Phi) is 1.20. The average Bonchev–Trinajstić information content (AvgIpc) is 2.78. The standard InChI is InChI=1S/C10H12Br2O/c11-10(12)8-2-1-3-9(8,10)5-7-6(4-8)13-7/h6-7H,1-5H2/t6-,7-,8+,9+/m0/s1. The van der Waals surface area contributed by atoms with E-state index in [2.05, 4.69) is 31.9 Å². The van der Waals surface area contributed by atoms with E-state index in [1.807, 2.05) is 0 Å². The van der Waals surface area contributed by atoms with Crippen LogP contribution in [0.15, 0.2) is 0 Å². The van der Waals surface area contributed by atoms with Gasteiger partial charge in [0.25, 0.3) is 0 Å². The molecule has 0 aromatic heterocycles. The van der Waals surface area contributed by atoms with Crippen molar-refractivity contribution in [3.63, 3.8) is 0 Å². The molecule has 3 aliphatic carbocycles. The Bertz CT molecular complexity index is 277. The van der Waals surface area contributed by atoms with Crippen LogP contribution in [-0.2, 0) is 4.74 Å². The van der Waals surface area contributed by atoms with E-state index in [4.69, 9.17) is 4.74 Å². The molecule has 3 saturated carbocycles.